The molecule has 3 aromatic rings. The third-order valence-corrected chi connectivity index (χ3v) is 5.80. The van der Waals surface area contributed by atoms with Gasteiger partial charge in [-0.1, -0.05) is 20.8 Å². The minimum absolute atomic E-state index is 0.00300. The lowest BCUT2D eigenvalue weighted by molar-refractivity contribution is 0.0682. The minimum atomic E-state index is -0.132. The van der Waals surface area contributed by atoms with Crippen LogP contribution in [0.3, 0.4) is 0 Å². The molecule has 1 aliphatic rings. The molecule has 2 aromatic heterocycles. The molecule has 6 heteroatoms. The monoisotopic (exact) mass is 392 g/mol. The van der Waals surface area contributed by atoms with Gasteiger partial charge in [0, 0.05) is 53.8 Å². The molecule has 0 bridgehead atoms. The summed E-state index contributed by atoms with van der Waals surface area (Å²) in [4.78, 5) is 34.9. The number of carbonyl (C=O) groups excluding carboxylic acids is 1. The number of benzene rings is 1. The first-order valence-electron chi connectivity index (χ1n) is 10.2. The number of likely N-dealkylation sites (tertiary alicyclic amines) is 1. The van der Waals surface area contributed by atoms with Crippen LogP contribution in [0.2, 0.25) is 0 Å². The van der Waals surface area contributed by atoms with Crippen molar-refractivity contribution in [1.29, 1.82) is 0 Å². The van der Waals surface area contributed by atoms with Crippen LogP contribution in [0.1, 0.15) is 49.7 Å². The molecule has 1 saturated heterocycles. The summed E-state index contributed by atoms with van der Waals surface area (Å²) in [6, 6.07) is 9.42. The van der Waals surface area contributed by atoms with Crippen molar-refractivity contribution in [3.05, 3.63) is 64.5 Å². The van der Waals surface area contributed by atoms with E-state index in [-0.39, 0.29) is 16.9 Å². The topological polar surface area (TPSA) is 71.0 Å². The summed E-state index contributed by atoms with van der Waals surface area (Å²) in [5.74, 6) is 0.464. The van der Waals surface area contributed by atoms with E-state index in [1.165, 1.54) is 0 Å². The van der Waals surface area contributed by atoms with Crippen molar-refractivity contribution < 1.29 is 4.79 Å². The van der Waals surface area contributed by atoms with Gasteiger partial charge in [-0.2, -0.15) is 0 Å². The molecule has 0 atom stereocenters. The summed E-state index contributed by atoms with van der Waals surface area (Å²) in [7, 11) is 0. The predicted molar refractivity (Wildman–Crippen MR) is 114 cm³/mol. The Hall–Kier alpha value is -2.89. The normalized spacial score (nSPS) is 15.8. The van der Waals surface area contributed by atoms with Crippen molar-refractivity contribution in [1.82, 2.24) is 19.4 Å². The van der Waals surface area contributed by atoms with Gasteiger partial charge in [0.1, 0.15) is 0 Å². The lowest BCUT2D eigenvalue weighted by atomic mass is 9.92. The highest BCUT2D eigenvalue weighted by Crippen LogP contribution is 2.22. The highest BCUT2D eigenvalue weighted by molar-refractivity contribution is 5.98. The van der Waals surface area contributed by atoms with E-state index in [1.807, 2.05) is 35.4 Å². The van der Waals surface area contributed by atoms with Crippen LogP contribution in [0, 0.1) is 5.92 Å². The SMILES string of the molecule is CC(C)(C)c1cc(=O)n(CC2CCN(C(=O)c3ccc4[nH]ccc4c3)CC2)cn1. The van der Waals surface area contributed by atoms with Crippen LogP contribution >= 0.6 is 0 Å². The van der Waals surface area contributed by atoms with E-state index in [9.17, 15) is 9.59 Å². The Bertz CT molecular complexity index is 1080. The molecule has 0 radical (unpaired) electrons. The molecule has 3 heterocycles. The van der Waals surface area contributed by atoms with E-state index >= 15 is 0 Å². The number of nitrogens with zero attached hydrogens (tertiary/aromatic N) is 3. The number of hydrogen-bond donors (Lipinski definition) is 1. The van der Waals surface area contributed by atoms with Crippen molar-refractivity contribution in [2.24, 2.45) is 5.92 Å². The third-order valence-electron chi connectivity index (χ3n) is 5.80. The van der Waals surface area contributed by atoms with Gasteiger partial charge in [-0.15, -0.1) is 0 Å². The van der Waals surface area contributed by atoms with Crippen molar-refractivity contribution in [2.75, 3.05) is 13.1 Å². The summed E-state index contributed by atoms with van der Waals surface area (Å²) in [5.41, 5.74) is 2.46. The second kappa shape index (κ2) is 7.50. The Morgan fingerprint density at radius 2 is 1.93 bits per heavy atom. The lowest BCUT2D eigenvalue weighted by Gasteiger charge is -2.32. The Morgan fingerprint density at radius 1 is 1.17 bits per heavy atom. The molecule has 1 aliphatic heterocycles. The number of fused-ring (bicyclic) bond motifs is 1. The number of piperidine rings is 1. The molecule has 6 nitrogen and oxygen atoms in total. The molecule has 29 heavy (non-hydrogen) atoms. The molecule has 0 aliphatic carbocycles. The first kappa shape index (κ1) is 19.4. The highest BCUT2D eigenvalue weighted by Gasteiger charge is 2.25. The molecule has 1 aromatic carbocycles. The Morgan fingerprint density at radius 3 is 2.62 bits per heavy atom. The van der Waals surface area contributed by atoms with E-state index in [1.54, 1.807) is 17.0 Å². The minimum Gasteiger partial charge on any atom is -0.361 e. The highest BCUT2D eigenvalue weighted by atomic mass is 16.2. The number of H-pyrrole nitrogens is 1. The van der Waals surface area contributed by atoms with Gasteiger partial charge in [-0.3, -0.25) is 14.2 Å². The van der Waals surface area contributed by atoms with Crippen LogP contribution < -0.4 is 5.56 Å². The number of hydrogen-bond acceptors (Lipinski definition) is 3. The zero-order valence-electron chi connectivity index (χ0n) is 17.3. The quantitative estimate of drug-likeness (QED) is 0.741. The number of nitrogens with one attached hydrogen (secondary N) is 1. The summed E-state index contributed by atoms with van der Waals surface area (Å²) in [5, 5.41) is 1.05. The summed E-state index contributed by atoms with van der Waals surface area (Å²) in [6.45, 7) is 8.26. The average Bonchev–Trinajstić information content (AvgIpc) is 3.16. The van der Waals surface area contributed by atoms with Crippen LogP contribution in [-0.2, 0) is 12.0 Å². The molecule has 1 N–H and O–H groups in total. The van der Waals surface area contributed by atoms with Gasteiger partial charge in [0.25, 0.3) is 11.5 Å². The van der Waals surface area contributed by atoms with Crippen LogP contribution in [-0.4, -0.2) is 38.4 Å². The van der Waals surface area contributed by atoms with Crippen molar-refractivity contribution in [3.63, 3.8) is 0 Å². The number of rotatable bonds is 3. The van der Waals surface area contributed by atoms with Gasteiger partial charge in [0.2, 0.25) is 0 Å². The molecule has 0 spiro atoms. The van der Waals surface area contributed by atoms with Crippen molar-refractivity contribution in [3.8, 4) is 0 Å². The summed E-state index contributed by atoms with van der Waals surface area (Å²) >= 11 is 0. The fourth-order valence-corrected chi connectivity index (χ4v) is 3.94. The van der Waals surface area contributed by atoms with Crippen molar-refractivity contribution in [2.45, 2.75) is 45.6 Å². The molecule has 0 unspecified atom stereocenters. The maximum Gasteiger partial charge on any atom is 0.253 e. The van der Waals surface area contributed by atoms with E-state index in [0.29, 0.717) is 12.5 Å². The smallest absolute Gasteiger partial charge is 0.253 e. The van der Waals surface area contributed by atoms with E-state index in [2.05, 4.69) is 30.7 Å². The van der Waals surface area contributed by atoms with Crippen LogP contribution in [0.4, 0.5) is 0 Å². The number of carbonyl (C=O) groups is 1. The van der Waals surface area contributed by atoms with Gasteiger partial charge < -0.3 is 9.88 Å². The summed E-state index contributed by atoms with van der Waals surface area (Å²) in [6.07, 6.45) is 5.35. The van der Waals surface area contributed by atoms with Crippen molar-refractivity contribution >= 4 is 16.8 Å². The van der Waals surface area contributed by atoms with E-state index in [4.69, 9.17) is 0 Å². The molecule has 4 rings (SSSR count). The van der Waals surface area contributed by atoms with Gasteiger partial charge in [0.15, 0.2) is 0 Å². The lowest BCUT2D eigenvalue weighted by Crippen LogP contribution is -2.40. The zero-order chi connectivity index (χ0) is 20.6. The van der Waals surface area contributed by atoms with Gasteiger partial charge in [0.05, 0.1) is 12.0 Å². The first-order valence-corrected chi connectivity index (χ1v) is 10.2. The fraction of sp³-hybridized carbons (Fsp3) is 0.435. The maximum atomic E-state index is 12.9. The standard InChI is InChI=1S/C23H28N4O2/c1-23(2,3)20-13-21(28)27(15-25-20)14-16-7-10-26(11-8-16)22(29)18-4-5-19-17(12-18)6-9-24-19/h4-6,9,12-13,15-16,24H,7-8,10-11,14H2,1-3H3. The van der Waals surface area contributed by atoms with E-state index in [0.717, 1.165) is 48.1 Å². The van der Waals surface area contributed by atoms with E-state index < -0.39 is 0 Å². The van der Waals surface area contributed by atoms with Gasteiger partial charge in [-0.25, -0.2) is 4.98 Å². The fourth-order valence-electron chi connectivity index (χ4n) is 3.94. The second-order valence-corrected chi connectivity index (χ2v) is 9.03. The Kier molecular flexibility index (Phi) is 5.03. The summed E-state index contributed by atoms with van der Waals surface area (Å²) < 4.78 is 1.71. The third kappa shape index (κ3) is 4.11. The van der Waals surface area contributed by atoms with Crippen LogP contribution in [0.25, 0.3) is 10.9 Å². The average molecular weight is 393 g/mol. The molecule has 1 fully saturated rings. The number of aromatic amines is 1. The zero-order valence-corrected chi connectivity index (χ0v) is 17.3. The number of aromatic nitrogens is 3. The maximum absolute atomic E-state index is 12.9. The molecular formula is C23H28N4O2. The molecule has 0 saturated carbocycles. The Balaban J connectivity index is 1.38. The second-order valence-electron chi connectivity index (χ2n) is 9.03. The molecule has 152 valence electrons. The Labute approximate surface area is 170 Å². The largest absolute Gasteiger partial charge is 0.361 e. The molecule has 1 amide bonds. The van der Waals surface area contributed by atoms with Gasteiger partial charge >= 0.3 is 0 Å². The first-order chi connectivity index (χ1) is 13.8. The predicted octanol–water partition coefficient (Wildman–Crippen LogP) is 3.57. The van der Waals surface area contributed by atoms with Crippen LogP contribution in [0.5, 0.6) is 0 Å². The van der Waals surface area contributed by atoms with Gasteiger partial charge in [-0.05, 0) is 43.0 Å². The molecular weight excluding hydrogens is 364 g/mol. The number of amides is 1. The van der Waals surface area contributed by atoms with Crippen LogP contribution in [0.15, 0.2) is 47.7 Å².